The summed E-state index contributed by atoms with van der Waals surface area (Å²) < 4.78 is 10.8. The number of esters is 1. The Morgan fingerprint density at radius 2 is 1.95 bits per heavy atom. The molecule has 0 amide bonds. The number of carbonyl (C=O) groups excluding carboxylic acids is 1. The van der Waals surface area contributed by atoms with Crippen LogP contribution in [-0.2, 0) is 16.0 Å². The molecule has 0 fully saturated rings. The molecule has 2 N–H and O–H groups in total. The number of aliphatic hydroxyl groups is 1. The van der Waals surface area contributed by atoms with E-state index in [1.807, 2.05) is 31.2 Å². The standard InChI is InChI=1S/C16H25NO4/c1-4-17-16(3,15(19)20-5-2)12-21-14-8-6-13(7-9-14)10-11-18/h6-9,17-18H,4-5,10-12H2,1-3H3. The van der Waals surface area contributed by atoms with Crippen LogP contribution in [0.3, 0.4) is 0 Å². The van der Waals surface area contributed by atoms with Gasteiger partial charge in [0.25, 0.3) is 0 Å². The summed E-state index contributed by atoms with van der Waals surface area (Å²) in [5.74, 6) is 0.369. The van der Waals surface area contributed by atoms with Crippen LogP contribution in [0.5, 0.6) is 5.75 Å². The molecule has 0 aliphatic rings. The smallest absolute Gasteiger partial charge is 0.329 e. The van der Waals surface area contributed by atoms with E-state index in [-0.39, 0.29) is 19.2 Å². The number of nitrogens with one attached hydrogen (secondary N) is 1. The first kappa shape index (κ1) is 17.5. The summed E-state index contributed by atoms with van der Waals surface area (Å²) in [6, 6.07) is 7.48. The number of rotatable bonds is 9. The minimum atomic E-state index is -0.867. The molecule has 118 valence electrons. The lowest BCUT2D eigenvalue weighted by Gasteiger charge is -2.28. The Bertz CT molecular complexity index is 432. The molecule has 1 aromatic carbocycles. The van der Waals surface area contributed by atoms with Crippen molar-refractivity contribution in [2.75, 3.05) is 26.4 Å². The van der Waals surface area contributed by atoms with Crippen molar-refractivity contribution >= 4 is 5.97 Å². The zero-order chi connectivity index (χ0) is 15.7. The van der Waals surface area contributed by atoms with E-state index in [4.69, 9.17) is 14.6 Å². The number of ether oxygens (including phenoxy) is 2. The average molecular weight is 295 g/mol. The molecule has 1 unspecified atom stereocenters. The Hall–Kier alpha value is -1.59. The largest absolute Gasteiger partial charge is 0.491 e. The summed E-state index contributed by atoms with van der Waals surface area (Å²) in [5.41, 5.74) is 0.179. The van der Waals surface area contributed by atoms with Crippen molar-refractivity contribution in [2.24, 2.45) is 0 Å². The Balaban J connectivity index is 2.65. The molecule has 0 aliphatic carbocycles. The third kappa shape index (κ3) is 5.36. The van der Waals surface area contributed by atoms with Crippen LogP contribution in [0.25, 0.3) is 0 Å². The minimum absolute atomic E-state index is 0.127. The van der Waals surface area contributed by atoms with Crippen LogP contribution in [0.2, 0.25) is 0 Å². The lowest BCUT2D eigenvalue weighted by Crippen LogP contribution is -2.54. The Labute approximate surface area is 126 Å². The predicted octanol–water partition coefficient (Wildman–Crippen LogP) is 1.53. The summed E-state index contributed by atoms with van der Waals surface area (Å²) in [5, 5.41) is 12.0. The maximum atomic E-state index is 12.0. The second kappa shape index (κ2) is 8.64. The second-order valence-electron chi connectivity index (χ2n) is 4.99. The molecule has 1 atom stereocenters. The van der Waals surface area contributed by atoms with Crippen molar-refractivity contribution < 1.29 is 19.4 Å². The lowest BCUT2D eigenvalue weighted by atomic mass is 10.0. The third-order valence-electron chi connectivity index (χ3n) is 3.14. The molecule has 0 heterocycles. The van der Waals surface area contributed by atoms with Crippen LogP contribution < -0.4 is 10.1 Å². The molecular formula is C16H25NO4. The van der Waals surface area contributed by atoms with Crippen molar-refractivity contribution in [3.63, 3.8) is 0 Å². The SMILES string of the molecule is CCNC(C)(COc1ccc(CCO)cc1)C(=O)OCC. The molecule has 5 heteroatoms. The van der Waals surface area contributed by atoms with Gasteiger partial charge in [0.05, 0.1) is 6.61 Å². The van der Waals surface area contributed by atoms with Gasteiger partial charge in [-0.15, -0.1) is 0 Å². The first-order chi connectivity index (χ1) is 10.1. The number of hydrogen-bond acceptors (Lipinski definition) is 5. The van der Waals surface area contributed by atoms with E-state index in [0.717, 1.165) is 5.56 Å². The number of benzene rings is 1. The minimum Gasteiger partial charge on any atom is -0.491 e. The van der Waals surface area contributed by atoms with E-state index >= 15 is 0 Å². The van der Waals surface area contributed by atoms with E-state index in [1.165, 1.54) is 0 Å². The molecule has 1 rings (SSSR count). The van der Waals surface area contributed by atoms with E-state index in [2.05, 4.69) is 5.32 Å². The first-order valence-electron chi connectivity index (χ1n) is 7.30. The van der Waals surface area contributed by atoms with Gasteiger partial charge in [0.15, 0.2) is 0 Å². The summed E-state index contributed by atoms with van der Waals surface area (Å²) >= 11 is 0. The Morgan fingerprint density at radius 3 is 2.48 bits per heavy atom. The molecule has 0 aliphatic heterocycles. The monoisotopic (exact) mass is 295 g/mol. The van der Waals surface area contributed by atoms with Gasteiger partial charge in [-0.25, -0.2) is 4.79 Å². The van der Waals surface area contributed by atoms with Gasteiger partial charge < -0.3 is 14.6 Å². The van der Waals surface area contributed by atoms with Crippen molar-refractivity contribution in [2.45, 2.75) is 32.7 Å². The fourth-order valence-corrected chi connectivity index (χ4v) is 1.97. The molecule has 0 bridgehead atoms. The lowest BCUT2D eigenvalue weighted by molar-refractivity contribution is -0.151. The summed E-state index contributed by atoms with van der Waals surface area (Å²) in [4.78, 5) is 12.0. The zero-order valence-electron chi connectivity index (χ0n) is 13.0. The van der Waals surface area contributed by atoms with Crippen LogP contribution in [0.15, 0.2) is 24.3 Å². The van der Waals surface area contributed by atoms with Gasteiger partial charge in [0.1, 0.15) is 17.9 Å². The van der Waals surface area contributed by atoms with Gasteiger partial charge in [-0.05, 0) is 44.5 Å². The Morgan fingerprint density at radius 1 is 1.29 bits per heavy atom. The van der Waals surface area contributed by atoms with Crippen molar-refractivity contribution in [1.29, 1.82) is 0 Å². The predicted molar refractivity (Wildman–Crippen MR) is 81.4 cm³/mol. The fraction of sp³-hybridized carbons (Fsp3) is 0.562. The molecule has 5 nitrogen and oxygen atoms in total. The fourth-order valence-electron chi connectivity index (χ4n) is 1.97. The highest BCUT2D eigenvalue weighted by Crippen LogP contribution is 2.16. The van der Waals surface area contributed by atoms with Crippen LogP contribution in [0.1, 0.15) is 26.3 Å². The van der Waals surface area contributed by atoms with Crippen LogP contribution in [0.4, 0.5) is 0 Å². The summed E-state index contributed by atoms with van der Waals surface area (Å²) in [6.07, 6.45) is 0.623. The van der Waals surface area contributed by atoms with Gasteiger partial charge in [-0.1, -0.05) is 19.1 Å². The van der Waals surface area contributed by atoms with Gasteiger partial charge in [-0.3, -0.25) is 5.32 Å². The summed E-state index contributed by atoms with van der Waals surface area (Å²) in [6.45, 7) is 6.80. The number of likely N-dealkylation sites (N-methyl/N-ethyl adjacent to an activating group) is 1. The molecule has 21 heavy (non-hydrogen) atoms. The van der Waals surface area contributed by atoms with E-state index in [9.17, 15) is 4.79 Å². The topological polar surface area (TPSA) is 67.8 Å². The average Bonchev–Trinajstić information content (AvgIpc) is 2.47. The Kier molecular flexibility index (Phi) is 7.19. The first-order valence-corrected chi connectivity index (χ1v) is 7.30. The molecule has 0 radical (unpaired) electrons. The molecular weight excluding hydrogens is 270 g/mol. The molecule has 0 spiro atoms. The number of aliphatic hydroxyl groups excluding tert-OH is 1. The van der Waals surface area contributed by atoms with E-state index < -0.39 is 5.54 Å². The second-order valence-corrected chi connectivity index (χ2v) is 4.99. The highest BCUT2D eigenvalue weighted by atomic mass is 16.5. The van der Waals surface area contributed by atoms with Crippen LogP contribution >= 0.6 is 0 Å². The quantitative estimate of drug-likeness (QED) is 0.676. The highest BCUT2D eigenvalue weighted by Gasteiger charge is 2.34. The number of hydrogen-bond donors (Lipinski definition) is 2. The molecule has 1 aromatic rings. The third-order valence-corrected chi connectivity index (χ3v) is 3.14. The highest BCUT2D eigenvalue weighted by molar-refractivity contribution is 5.80. The van der Waals surface area contributed by atoms with Gasteiger partial charge in [-0.2, -0.15) is 0 Å². The maximum absolute atomic E-state index is 12.0. The van der Waals surface area contributed by atoms with Gasteiger partial charge >= 0.3 is 5.97 Å². The summed E-state index contributed by atoms with van der Waals surface area (Å²) in [7, 11) is 0. The molecule has 0 saturated carbocycles. The van der Waals surface area contributed by atoms with Crippen molar-refractivity contribution in [3.05, 3.63) is 29.8 Å². The molecule has 0 aromatic heterocycles. The number of carbonyl (C=O) groups is 1. The maximum Gasteiger partial charge on any atom is 0.329 e. The van der Waals surface area contributed by atoms with Crippen molar-refractivity contribution in [1.82, 2.24) is 5.32 Å². The van der Waals surface area contributed by atoms with Crippen LogP contribution in [-0.4, -0.2) is 43.0 Å². The van der Waals surface area contributed by atoms with Gasteiger partial charge in [0, 0.05) is 6.61 Å². The van der Waals surface area contributed by atoms with Gasteiger partial charge in [0.2, 0.25) is 0 Å². The van der Waals surface area contributed by atoms with E-state index in [1.54, 1.807) is 13.8 Å². The van der Waals surface area contributed by atoms with E-state index in [0.29, 0.717) is 25.3 Å². The zero-order valence-corrected chi connectivity index (χ0v) is 13.0. The van der Waals surface area contributed by atoms with Crippen molar-refractivity contribution in [3.8, 4) is 5.75 Å². The normalized spacial score (nSPS) is 13.5. The van der Waals surface area contributed by atoms with Crippen LogP contribution in [0, 0.1) is 0 Å². The molecule has 0 saturated heterocycles.